The van der Waals surface area contributed by atoms with E-state index in [9.17, 15) is 14.4 Å². The molecule has 0 radical (unpaired) electrons. The normalized spacial score (nSPS) is 10.7. The first-order valence-electron chi connectivity index (χ1n) is 7.49. The minimum Gasteiger partial charge on any atom is -0.368 e. The highest BCUT2D eigenvalue weighted by molar-refractivity contribution is 5.96. The first-order valence-corrected chi connectivity index (χ1v) is 7.49. The van der Waals surface area contributed by atoms with Gasteiger partial charge in [-0.25, -0.2) is 4.98 Å². The minimum absolute atomic E-state index is 0.0644. The number of amides is 2. The first kappa shape index (κ1) is 16.7. The number of rotatable bonds is 6. The fourth-order valence-electron chi connectivity index (χ4n) is 2.29. The van der Waals surface area contributed by atoms with E-state index in [1.165, 1.54) is 15.5 Å². The average molecular weight is 316 g/mol. The van der Waals surface area contributed by atoms with Crippen molar-refractivity contribution < 1.29 is 9.59 Å². The summed E-state index contributed by atoms with van der Waals surface area (Å²) in [5.41, 5.74) is 6.03. The standard InChI is InChI=1S/C16H20N4O3/c1-3-4-7-19(10-13(17)21)15(22)12-8-18-14-6-5-11(2)9-20(14)16(12)23/h5-6,8-9H,3-4,7,10H2,1-2H3,(H2,17,21). The molecule has 23 heavy (non-hydrogen) atoms. The molecule has 0 aliphatic carbocycles. The first-order chi connectivity index (χ1) is 10.9. The van der Waals surface area contributed by atoms with Crippen molar-refractivity contribution in [1.82, 2.24) is 14.3 Å². The minimum atomic E-state index is -0.612. The van der Waals surface area contributed by atoms with Crippen LogP contribution in [-0.4, -0.2) is 39.2 Å². The van der Waals surface area contributed by atoms with E-state index >= 15 is 0 Å². The number of unbranched alkanes of at least 4 members (excludes halogenated alkanes) is 1. The predicted octanol–water partition coefficient (Wildman–Crippen LogP) is 0.731. The third-order valence-electron chi connectivity index (χ3n) is 3.50. The fourth-order valence-corrected chi connectivity index (χ4v) is 2.29. The Balaban J connectivity index is 2.43. The Hall–Kier alpha value is -2.70. The number of pyridine rings is 1. The molecular formula is C16H20N4O3. The van der Waals surface area contributed by atoms with Crippen molar-refractivity contribution in [2.24, 2.45) is 5.73 Å². The van der Waals surface area contributed by atoms with E-state index in [0.29, 0.717) is 12.2 Å². The van der Waals surface area contributed by atoms with Crippen molar-refractivity contribution in [2.45, 2.75) is 26.7 Å². The molecule has 7 heteroatoms. The van der Waals surface area contributed by atoms with Crippen molar-refractivity contribution >= 4 is 17.5 Å². The van der Waals surface area contributed by atoms with Crippen LogP contribution in [-0.2, 0) is 4.79 Å². The fraction of sp³-hybridized carbons (Fsp3) is 0.375. The van der Waals surface area contributed by atoms with E-state index < -0.39 is 17.4 Å². The van der Waals surface area contributed by atoms with Gasteiger partial charge in [-0.1, -0.05) is 19.4 Å². The molecule has 0 aliphatic rings. The lowest BCUT2D eigenvalue weighted by atomic mass is 10.2. The van der Waals surface area contributed by atoms with Crippen LogP contribution in [0.3, 0.4) is 0 Å². The van der Waals surface area contributed by atoms with Crippen LogP contribution in [0.15, 0.2) is 29.3 Å². The number of carbonyl (C=O) groups excluding carboxylic acids is 2. The summed E-state index contributed by atoms with van der Waals surface area (Å²) in [6.45, 7) is 3.98. The van der Waals surface area contributed by atoms with Crippen LogP contribution in [0.4, 0.5) is 0 Å². The SMILES string of the molecule is CCCCN(CC(N)=O)C(=O)c1cnc2ccc(C)cn2c1=O. The molecule has 7 nitrogen and oxygen atoms in total. The predicted molar refractivity (Wildman–Crippen MR) is 86.2 cm³/mol. The van der Waals surface area contributed by atoms with Gasteiger partial charge in [0.1, 0.15) is 11.2 Å². The Bertz CT molecular complexity index is 798. The van der Waals surface area contributed by atoms with Crippen LogP contribution in [0.2, 0.25) is 0 Å². The van der Waals surface area contributed by atoms with Crippen molar-refractivity contribution in [3.8, 4) is 0 Å². The lowest BCUT2D eigenvalue weighted by Crippen LogP contribution is -2.41. The molecule has 2 amide bonds. The number of aromatic nitrogens is 2. The molecule has 2 aromatic rings. The van der Waals surface area contributed by atoms with Gasteiger partial charge >= 0.3 is 0 Å². The number of aryl methyl sites for hydroxylation is 1. The van der Waals surface area contributed by atoms with Crippen LogP contribution in [0, 0.1) is 6.92 Å². The van der Waals surface area contributed by atoms with Crippen molar-refractivity contribution in [3.05, 3.63) is 46.0 Å². The van der Waals surface area contributed by atoms with Gasteiger partial charge in [0.05, 0.1) is 6.54 Å². The molecule has 0 aromatic carbocycles. The van der Waals surface area contributed by atoms with E-state index in [4.69, 9.17) is 5.73 Å². The summed E-state index contributed by atoms with van der Waals surface area (Å²) in [4.78, 5) is 41.8. The van der Waals surface area contributed by atoms with Gasteiger partial charge in [-0.2, -0.15) is 0 Å². The molecule has 2 aromatic heterocycles. The molecule has 2 N–H and O–H groups in total. The monoisotopic (exact) mass is 316 g/mol. The number of hydrogen-bond acceptors (Lipinski definition) is 4. The van der Waals surface area contributed by atoms with E-state index in [1.807, 2.05) is 19.9 Å². The second-order valence-corrected chi connectivity index (χ2v) is 5.46. The molecule has 0 saturated carbocycles. The zero-order valence-corrected chi connectivity index (χ0v) is 13.3. The van der Waals surface area contributed by atoms with Crippen LogP contribution < -0.4 is 11.3 Å². The number of hydrogen-bond donors (Lipinski definition) is 1. The third-order valence-corrected chi connectivity index (χ3v) is 3.50. The van der Waals surface area contributed by atoms with E-state index in [0.717, 1.165) is 18.4 Å². The largest absolute Gasteiger partial charge is 0.368 e. The van der Waals surface area contributed by atoms with Gasteiger partial charge in [0.25, 0.3) is 11.5 Å². The smallest absolute Gasteiger partial charge is 0.270 e. The van der Waals surface area contributed by atoms with Crippen molar-refractivity contribution in [3.63, 3.8) is 0 Å². The number of nitrogens with two attached hydrogens (primary N) is 1. The van der Waals surface area contributed by atoms with Crippen molar-refractivity contribution in [2.75, 3.05) is 13.1 Å². The molecular weight excluding hydrogens is 296 g/mol. The van der Waals surface area contributed by atoms with Gasteiger partial charge in [0.2, 0.25) is 5.91 Å². The van der Waals surface area contributed by atoms with Gasteiger partial charge in [-0.15, -0.1) is 0 Å². The highest BCUT2D eigenvalue weighted by Gasteiger charge is 2.21. The Kier molecular flexibility index (Phi) is 5.10. The Morgan fingerprint density at radius 1 is 1.35 bits per heavy atom. The topological polar surface area (TPSA) is 97.8 Å². The van der Waals surface area contributed by atoms with Crippen molar-refractivity contribution in [1.29, 1.82) is 0 Å². The van der Waals surface area contributed by atoms with Gasteiger partial charge in [0, 0.05) is 18.9 Å². The molecule has 0 atom stereocenters. The molecule has 2 rings (SSSR count). The van der Waals surface area contributed by atoms with E-state index in [1.54, 1.807) is 12.3 Å². The van der Waals surface area contributed by atoms with Crippen LogP contribution in [0.25, 0.3) is 5.65 Å². The maximum Gasteiger partial charge on any atom is 0.270 e. The average Bonchev–Trinajstić information content (AvgIpc) is 2.51. The Morgan fingerprint density at radius 3 is 2.74 bits per heavy atom. The maximum atomic E-state index is 12.6. The van der Waals surface area contributed by atoms with Crippen LogP contribution >= 0.6 is 0 Å². The third kappa shape index (κ3) is 3.74. The number of carbonyl (C=O) groups is 2. The van der Waals surface area contributed by atoms with Gasteiger partial charge in [-0.05, 0) is 25.0 Å². The molecule has 0 bridgehead atoms. The van der Waals surface area contributed by atoms with Crippen LogP contribution in [0.5, 0.6) is 0 Å². The summed E-state index contributed by atoms with van der Waals surface area (Å²) in [7, 11) is 0. The lowest BCUT2D eigenvalue weighted by molar-refractivity contribution is -0.118. The lowest BCUT2D eigenvalue weighted by Gasteiger charge is -2.20. The summed E-state index contributed by atoms with van der Waals surface area (Å²) < 4.78 is 1.34. The Labute approximate surface area is 133 Å². The van der Waals surface area contributed by atoms with Gasteiger partial charge in [-0.3, -0.25) is 18.8 Å². The molecule has 0 saturated heterocycles. The quantitative estimate of drug-likeness (QED) is 0.849. The maximum absolute atomic E-state index is 12.6. The summed E-state index contributed by atoms with van der Waals surface area (Å²) in [5, 5.41) is 0. The summed E-state index contributed by atoms with van der Waals surface area (Å²) >= 11 is 0. The Morgan fingerprint density at radius 2 is 2.09 bits per heavy atom. The molecule has 122 valence electrons. The van der Waals surface area contributed by atoms with Crippen LogP contribution in [0.1, 0.15) is 35.7 Å². The molecule has 0 unspecified atom stereocenters. The zero-order valence-electron chi connectivity index (χ0n) is 13.3. The molecule has 0 fully saturated rings. The zero-order chi connectivity index (χ0) is 17.0. The van der Waals surface area contributed by atoms with E-state index in [-0.39, 0.29) is 12.1 Å². The second kappa shape index (κ2) is 7.04. The number of primary amides is 1. The number of nitrogens with zero attached hydrogens (tertiary/aromatic N) is 3. The van der Waals surface area contributed by atoms with Gasteiger partial charge in [0.15, 0.2) is 0 Å². The summed E-state index contributed by atoms with van der Waals surface area (Å²) in [6.07, 6.45) is 4.47. The van der Waals surface area contributed by atoms with Gasteiger partial charge < -0.3 is 10.6 Å². The molecule has 2 heterocycles. The van der Waals surface area contributed by atoms with E-state index in [2.05, 4.69) is 4.98 Å². The highest BCUT2D eigenvalue weighted by atomic mass is 16.2. The summed E-state index contributed by atoms with van der Waals surface area (Å²) in [6, 6.07) is 3.55. The second-order valence-electron chi connectivity index (χ2n) is 5.46. The molecule has 0 spiro atoms. The highest BCUT2D eigenvalue weighted by Crippen LogP contribution is 2.05. The molecule has 0 aliphatic heterocycles. The summed E-state index contributed by atoms with van der Waals surface area (Å²) in [5.74, 6) is -1.13. The number of fused-ring (bicyclic) bond motifs is 1.